The second-order valence-corrected chi connectivity index (χ2v) is 10.9. The number of methoxy groups -OCH3 is 1. The van der Waals surface area contributed by atoms with Gasteiger partial charge in [-0.05, 0) is 76.4 Å². The van der Waals surface area contributed by atoms with E-state index in [9.17, 15) is 14.9 Å². The van der Waals surface area contributed by atoms with Gasteiger partial charge in [0.15, 0.2) is 5.11 Å². The number of halogens is 1. The molecule has 2 aliphatic heterocycles. The van der Waals surface area contributed by atoms with E-state index in [2.05, 4.69) is 31.0 Å². The Morgan fingerprint density at radius 2 is 1.72 bits per heavy atom. The number of nitrogens with zero attached hydrogens (tertiary/aromatic N) is 4. The molecule has 0 atom stereocenters. The summed E-state index contributed by atoms with van der Waals surface area (Å²) in [6.45, 7) is 4.27. The quantitative estimate of drug-likeness (QED) is 0.235. The van der Waals surface area contributed by atoms with Crippen LogP contribution >= 0.6 is 28.1 Å². The zero-order chi connectivity index (χ0) is 27.5. The third-order valence-corrected chi connectivity index (χ3v) is 8.54. The van der Waals surface area contributed by atoms with Crippen LogP contribution in [0, 0.1) is 10.1 Å². The lowest BCUT2D eigenvalue weighted by atomic mass is 10.1. The Balaban J connectivity index is 1.26. The summed E-state index contributed by atoms with van der Waals surface area (Å²) in [7, 11) is 1.54. The van der Waals surface area contributed by atoms with Gasteiger partial charge in [0.2, 0.25) is 0 Å². The molecule has 2 aliphatic rings. The molecule has 11 heteroatoms. The molecule has 1 N–H and O–H groups in total. The molecule has 3 aromatic carbocycles. The summed E-state index contributed by atoms with van der Waals surface area (Å²) in [5, 5.41) is 16.8. The van der Waals surface area contributed by atoms with Crippen molar-refractivity contribution in [1.82, 2.24) is 10.2 Å². The first kappa shape index (κ1) is 27.1. The molecule has 0 spiro atoms. The normalized spacial score (nSPS) is 15.8. The van der Waals surface area contributed by atoms with Crippen molar-refractivity contribution in [3.63, 3.8) is 0 Å². The number of carbonyl (C=O) groups is 1. The van der Waals surface area contributed by atoms with Gasteiger partial charge in [-0.3, -0.25) is 20.2 Å². The highest BCUT2D eigenvalue weighted by molar-refractivity contribution is 9.10. The largest absolute Gasteiger partial charge is 0.495 e. The maximum Gasteiger partial charge on any atom is 0.292 e. The summed E-state index contributed by atoms with van der Waals surface area (Å²) in [4.78, 5) is 30.9. The van der Waals surface area contributed by atoms with E-state index in [1.54, 1.807) is 6.07 Å². The number of thiocarbonyl (C=S) groups is 1. The Bertz CT molecular complexity index is 1420. The molecule has 1 amide bonds. The number of piperidine rings is 1. The van der Waals surface area contributed by atoms with E-state index in [-0.39, 0.29) is 16.5 Å². The van der Waals surface area contributed by atoms with Gasteiger partial charge in [0, 0.05) is 51.0 Å². The molecular formula is C28H30BrN5O4S. The summed E-state index contributed by atoms with van der Waals surface area (Å²) in [6.07, 6.45) is 3.25. The number of amides is 1. The number of rotatable bonds is 5. The molecule has 0 aromatic heterocycles. The third kappa shape index (κ3) is 5.65. The van der Waals surface area contributed by atoms with Crippen LogP contribution in [0.1, 0.15) is 29.6 Å². The Morgan fingerprint density at radius 1 is 1.00 bits per heavy atom. The van der Waals surface area contributed by atoms with Crippen LogP contribution in [0.2, 0.25) is 0 Å². The van der Waals surface area contributed by atoms with Gasteiger partial charge < -0.3 is 19.4 Å². The van der Waals surface area contributed by atoms with Crippen molar-refractivity contribution < 1.29 is 14.5 Å². The van der Waals surface area contributed by atoms with Gasteiger partial charge in [-0.25, -0.2) is 0 Å². The van der Waals surface area contributed by atoms with Crippen molar-refractivity contribution in [2.75, 3.05) is 56.2 Å². The minimum Gasteiger partial charge on any atom is -0.495 e. The number of ether oxygens (including phenoxy) is 1. The fourth-order valence-corrected chi connectivity index (χ4v) is 6.33. The van der Waals surface area contributed by atoms with E-state index < -0.39 is 0 Å². The topological polar surface area (TPSA) is 91.2 Å². The number of benzene rings is 3. The van der Waals surface area contributed by atoms with Crippen LogP contribution in [0.5, 0.6) is 5.75 Å². The minimum atomic E-state index is -0.327. The second kappa shape index (κ2) is 11.7. The van der Waals surface area contributed by atoms with Gasteiger partial charge in [-0.2, -0.15) is 0 Å². The molecule has 0 aliphatic carbocycles. The number of carbonyl (C=O) groups excluding carboxylic acids is 1. The molecule has 2 saturated heterocycles. The molecule has 0 unspecified atom stereocenters. The van der Waals surface area contributed by atoms with Crippen molar-refractivity contribution in [3.05, 3.63) is 68.7 Å². The number of nitro groups is 1. The minimum absolute atomic E-state index is 0.152. The summed E-state index contributed by atoms with van der Waals surface area (Å²) >= 11 is 9.19. The fourth-order valence-electron chi connectivity index (χ4n) is 5.31. The van der Waals surface area contributed by atoms with E-state index >= 15 is 0 Å². The first-order valence-electron chi connectivity index (χ1n) is 13.0. The second-order valence-electron chi connectivity index (χ2n) is 9.70. The van der Waals surface area contributed by atoms with Gasteiger partial charge >= 0.3 is 0 Å². The highest BCUT2D eigenvalue weighted by Gasteiger charge is 2.26. The maximum atomic E-state index is 13.2. The number of anilines is 2. The molecule has 5 rings (SSSR count). The lowest BCUT2D eigenvalue weighted by Crippen LogP contribution is -2.52. The van der Waals surface area contributed by atoms with Crippen molar-refractivity contribution in [2.45, 2.75) is 19.3 Å². The monoisotopic (exact) mass is 611 g/mol. The molecule has 9 nitrogen and oxygen atoms in total. The standard InChI is InChI=1S/C28H30BrN5O4S/c1-38-26-22(17-19-7-3-4-8-21(19)25(26)29)27(35)30-28(39)33-15-13-31(14-16-33)20-9-10-23(34(36)37)24(18-20)32-11-5-2-6-12-32/h3-4,7-10,17-18H,2,5-6,11-16H2,1H3,(H,30,35,39). The number of hydrogen-bond acceptors (Lipinski definition) is 7. The molecule has 2 heterocycles. The van der Waals surface area contributed by atoms with Gasteiger partial charge in [0.25, 0.3) is 11.6 Å². The third-order valence-electron chi connectivity index (χ3n) is 7.39. The number of piperazine rings is 1. The van der Waals surface area contributed by atoms with E-state index in [0.29, 0.717) is 48.3 Å². The van der Waals surface area contributed by atoms with Crippen LogP contribution in [0.15, 0.2) is 53.0 Å². The predicted octanol–water partition coefficient (Wildman–Crippen LogP) is 5.35. The van der Waals surface area contributed by atoms with Gasteiger partial charge in [-0.15, -0.1) is 0 Å². The SMILES string of the molecule is COc1c(C(=O)NC(=S)N2CCN(c3ccc([N+](=O)[O-])c(N4CCCCC4)c3)CC2)cc2ccccc2c1Br. The van der Waals surface area contributed by atoms with E-state index in [1.165, 1.54) is 7.11 Å². The molecule has 39 heavy (non-hydrogen) atoms. The molecule has 3 aromatic rings. The van der Waals surface area contributed by atoms with Crippen LogP contribution in [0.4, 0.5) is 17.1 Å². The summed E-state index contributed by atoms with van der Waals surface area (Å²) in [5.74, 6) is 0.133. The smallest absolute Gasteiger partial charge is 0.292 e. The molecule has 2 fully saturated rings. The van der Waals surface area contributed by atoms with Crippen LogP contribution in [-0.2, 0) is 0 Å². The Kier molecular flexibility index (Phi) is 8.18. The first-order valence-corrected chi connectivity index (χ1v) is 14.2. The summed E-state index contributed by atoms with van der Waals surface area (Å²) in [6, 6.07) is 15.0. The van der Waals surface area contributed by atoms with Crippen molar-refractivity contribution in [1.29, 1.82) is 0 Å². The van der Waals surface area contributed by atoms with E-state index in [1.807, 2.05) is 47.4 Å². The average Bonchev–Trinajstić information content (AvgIpc) is 2.97. The average molecular weight is 613 g/mol. The zero-order valence-electron chi connectivity index (χ0n) is 21.7. The van der Waals surface area contributed by atoms with Crippen molar-refractivity contribution in [2.24, 2.45) is 0 Å². The number of nitro benzene ring substituents is 1. The van der Waals surface area contributed by atoms with Gasteiger partial charge in [-0.1, -0.05) is 24.3 Å². The highest BCUT2D eigenvalue weighted by atomic mass is 79.9. The van der Waals surface area contributed by atoms with Gasteiger partial charge in [0.1, 0.15) is 11.4 Å². The lowest BCUT2D eigenvalue weighted by molar-refractivity contribution is -0.384. The lowest BCUT2D eigenvalue weighted by Gasteiger charge is -2.37. The molecule has 0 bridgehead atoms. The Hall–Kier alpha value is -3.44. The van der Waals surface area contributed by atoms with Crippen LogP contribution in [0.3, 0.4) is 0 Å². The molecule has 204 valence electrons. The van der Waals surface area contributed by atoms with Crippen LogP contribution in [0.25, 0.3) is 10.8 Å². The zero-order valence-corrected chi connectivity index (χ0v) is 24.1. The van der Waals surface area contributed by atoms with E-state index in [0.717, 1.165) is 53.3 Å². The summed E-state index contributed by atoms with van der Waals surface area (Å²) in [5.41, 5.74) is 2.21. The molecular weight excluding hydrogens is 582 g/mol. The summed E-state index contributed by atoms with van der Waals surface area (Å²) < 4.78 is 6.28. The first-order chi connectivity index (χ1) is 18.9. The van der Waals surface area contributed by atoms with Crippen LogP contribution < -0.4 is 19.9 Å². The Morgan fingerprint density at radius 3 is 2.41 bits per heavy atom. The van der Waals surface area contributed by atoms with Crippen molar-refractivity contribution in [3.8, 4) is 5.75 Å². The predicted molar refractivity (Wildman–Crippen MR) is 161 cm³/mol. The number of fused-ring (bicyclic) bond motifs is 1. The van der Waals surface area contributed by atoms with Crippen molar-refractivity contribution >= 4 is 67.0 Å². The highest BCUT2D eigenvalue weighted by Crippen LogP contribution is 2.37. The molecule has 0 radical (unpaired) electrons. The maximum absolute atomic E-state index is 13.2. The molecule has 0 saturated carbocycles. The van der Waals surface area contributed by atoms with Crippen LogP contribution in [-0.4, -0.2) is 67.2 Å². The fraction of sp³-hybridized carbons (Fsp3) is 0.357. The van der Waals surface area contributed by atoms with Gasteiger partial charge in [0.05, 0.1) is 22.1 Å². The van der Waals surface area contributed by atoms with E-state index in [4.69, 9.17) is 17.0 Å². The number of hydrogen-bond donors (Lipinski definition) is 1. The number of nitrogens with one attached hydrogen (secondary N) is 1. The Labute approximate surface area is 241 Å².